The highest BCUT2D eigenvalue weighted by Crippen LogP contribution is 2.69. The number of rotatable bonds is 3. The number of nitrogens with one attached hydrogen (secondary N) is 1. The van der Waals surface area contributed by atoms with Crippen LogP contribution in [0, 0.1) is 16.2 Å². The molecule has 0 heterocycles. The van der Waals surface area contributed by atoms with Crippen molar-refractivity contribution in [1.29, 1.82) is 0 Å². The molecule has 1 N–H and O–H groups in total. The number of hydrogen-bond donors (Lipinski definition) is 1. The number of ketones is 2. The first-order valence-corrected chi connectivity index (χ1v) is 8.21. The van der Waals surface area contributed by atoms with Crippen LogP contribution in [0.25, 0.3) is 0 Å². The van der Waals surface area contributed by atoms with E-state index in [1.54, 1.807) is 39.0 Å². The largest absolute Gasteiger partial charge is 0.465 e. The van der Waals surface area contributed by atoms with Gasteiger partial charge in [-0.15, -0.1) is 0 Å². The number of amides is 1. The first kappa shape index (κ1) is 17.3. The van der Waals surface area contributed by atoms with Crippen molar-refractivity contribution in [3.05, 3.63) is 29.8 Å². The first-order valence-electron chi connectivity index (χ1n) is 8.21. The van der Waals surface area contributed by atoms with Gasteiger partial charge < -0.3 is 10.1 Å². The third-order valence-electron chi connectivity index (χ3n) is 6.51. The fraction of sp³-hybridized carbons (Fsp3) is 0.474. The van der Waals surface area contributed by atoms with Crippen molar-refractivity contribution in [3.8, 4) is 0 Å². The van der Waals surface area contributed by atoms with E-state index in [9.17, 15) is 19.2 Å². The Hall–Kier alpha value is -2.50. The maximum absolute atomic E-state index is 13.1. The zero-order chi connectivity index (χ0) is 18.6. The summed E-state index contributed by atoms with van der Waals surface area (Å²) in [6.45, 7) is 5.36. The second-order valence-corrected chi connectivity index (χ2v) is 7.51. The maximum atomic E-state index is 13.1. The van der Waals surface area contributed by atoms with E-state index in [1.807, 2.05) is 0 Å². The van der Waals surface area contributed by atoms with Crippen molar-refractivity contribution in [2.45, 2.75) is 33.6 Å². The van der Waals surface area contributed by atoms with Gasteiger partial charge in [0.1, 0.15) is 5.41 Å². The molecule has 132 valence electrons. The number of Topliss-reactive ketones (excluding diaryl/α,β-unsaturated/α-hetero) is 2. The predicted octanol–water partition coefficient (Wildman–Crippen LogP) is 2.38. The van der Waals surface area contributed by atoms with Gasteiger partial charge in [0.25, 0.3) is 0 Å². The van der Waals surface area contributed by atoms with E-state index in [2.05, 4.69) is 5.32 Å². The van der Waals surface area contributed by atoms with Gasteiger partial charge in [0.15, 0.2) is 0 Å². The monoisotopic (exact) mass is 343 g/mol. The van der Waals surface area contributed by atoms with Crippen molar-refractivity contribution in [3.63, 3.8) is 0 Å². The van der Waals surface area contributed by atoms with Crippen LogP contribution in [0.4, 0.5) is 5.69 Å². The number of anilines is 1. The van der Waals surface area contributed by atoms with Crippen LogP contribution in [0.3, 0.4) is 0 Å². The van der Waals surface area contributed by atoms with Crippen LogP contribution >= 0.6 is 0 Å². The Bertz CT molecular complexity index is 812. The second-order valence-electron chi connectivity index (χ2n) is 7.51. The lowest BCUT2D eigenvalue weighted by molar-refractivity contribution is -0.147. The zero-order valence-corrected chi connectivity index (χ0v) is 14.8. The summed E-state index contributed by atoms with van der Waals surface area (Å²) in [5.74, 6) is -2.22. The molecule has 2 unspecified atom stereocenters. The SMILES string of the molecule is COC(=O)c1ccccc1NC(=O)C12CCC(C)(C(=O)C1=O)C2(C)C. The summed E-state index contributed by atoms with van der Waals surface area (Å²) in [4.78, 5) is 50.2. The van der Waals surface area contributed by atoms with Crippen molar-refractivity contribution in [2.24, 2.45) is 16.2 Å². The van der Waals surface area contributed by atoms with Crippen LogP contribution in [0.2, 0.25) is 0 Å². The molecule has 2 saturated carbocycles. The van der Waals surface area contributed by atoms with Crippen LogP contribution < -0.4 is 5.32 Å². The second kappa shape index (κ2) is 5.25. The summed E-state index contributed by atoms with van der Waals surface area (Å²) in [6, 6.07) is 6.43. The van der Waals surface area contributed by atoms with Gasteiger partial charge in [0.2, 0.25) is 17.5 Å². The molecule has 0 radical (unpaired) electrons. The average Bonchev–Trinajstić information content (AvgIpc) is 2.86. The lowest BCUT2D eigenvalue weighted by atomic mass is 9.64. The minimum atomic E-state index is -1.40. The smallest absolute Gasteiger partial charge is 0.339 e. The van der Waals surface area contributed by atoms with Gasteiger partial charge in [-0.2, -0.15) is 0 Å². The number of carbonyl (C=O) groups is 4. The van der Waals surface area contributed by atoms with Gasteiger partial charge >= 0.3 is 5.97 Å². The summed E-state index contributed by atoms with van der Waals surface area (Å²) in [5.41, 5.74) is -2.56. The number of carbonyl (C=O) groups excluding carboxylic acids is 4. The maximum Gasteiger partial charge on any atom is 0.339 e. The minimum Gasteiger partial charge on any atom is -0.465 e. The Morgan fingerprint density at radius 3 is 2.24 bits per heavy atom. The average molecular weight is 343 g/mol. The highest BCUT2D eigenvalue weighted by atomic mass is 16.5. The Balaban J connectivity index is 2.02. The molecule has 0 saturated heterocycles. The Kier molecular flexibility index (Phi) is 3.64. The molecule has 1 aromatic rings. The fourth-order valence-corrected chi connectivity index (χ4v) is 4.38. The van der Waals surface area contributed by atoms with Gasteiger partial charge in [-0.3, -0.25) is 14.4 Å². The number of fused-ring (bicyclic) bond motifs is 2. The molecular weight excluding hydrogens is 322 g/mol. The minimum absolute atomic E-state index is 0.199. The molecule has 0 aliphatic heterocycles. The molecule has 2 fully saturated rings. The van der Waals surface area contributed by atoms with Crippen molar-refractivity contribution in [1.82, 2.24) is 0 Å². The molecule has 3 rings (SSSR count). The first-order chi connectivity index (χ1) is 11.6. The molecule has 1 amide bonds. The van der Waals surface area contributed by atoms with E-state index in [1.165, 1.54) is 13.2 Å². The standard InChI is InChI=1S/C19H21NO5/c1-17(2)18(3)9-10-19(17,14(22)13(18)21)16(24)20-12-8-6-5-7-11(12)15(23)25-4/h5-8H,9-10H2,1-4H3,(H,20,24). The lowest BCUT2D eigenvalue weighted by Gasteiger charge is -2.37. The Morgan fingerprint density at radius 1 is 1.04 bits per heavy atom. The number of benzene rings is 1. The van der Waals surface area contributed by atoms with Gasteiger partial charge in [-0.25, -0.2) is 4.79 Å². The van der Waals surface area contributed by atoms with Crippen LogP contribution in [-0.4, -0.2) is 30.6 Å². The van der Waals surface area contributed by atoms with E-state index >= 15 is 0 Å². The van der Waals surface area contributed by atoms with E-state index in [-0.39, 0.29) is 11.3 Å². The predicted molar refractivity (Wildman–Crippen MR) is 90.0 cm³/mol. The highest BCUT2D eigenvalue weighted by Gasteiger charge is 2.77. The number of hydrogen-bond acceptors (Lipinski definition) is 5. The number of ether oxygens (including phenoxy) is 1. The van der Waals surface area contributed by atoms with Gasteiger partial charge in [-0.05, 0) is 30.4 Å². The van der Waals surface area contributed by atoms with Gasteiger partial charge in [0.05, 0.1) is 18.4 Å². The summed E-state index contributed by atoms with van der Waals surface area (Å²) in [6.07, 6.45) is 0.823. The number of methoxy groups -OCH3 is 1. The Morgan fingerprint density at radius 2 is 1.68 bits per heavy atom. The van der Waals surface area contributed by atoms with E-state index in [4.69, 9.17) is 4.74 Å². The van der Waals surface area contributed by atoms with Crippen LogP contribution in [-0.2, 0) is 19.1 Å². The molecule has 6 heteroatoms. The topological polar surface area (TPSA) is 89.5 Å². The summed E-state index contributed by atoms with van der Waals surface area (Å²) < 4.78 is 4.73. The van der Waals surface area contributed by atoms with Crippen molar-refractivity contribution >= 4 is 29.1 Å². The summed E-state index contributed by atoms with van der Waals surface area (Å²) in [5, 5.41) is 2.70. The molecule has 2 aliphatic rings. The molecule has 0 spiro atoms. The molecule has 25 heavy (non-hydrogen) atoms. The quantitative estimate of drug-likeness (QED) is 0.517. The highest BCUT2D eigenvalue weighted by molar-refractivity contribution is 6.49. The molecular formula is C19H21NO5. The molecule has 2 aliphatic carbocycles. The third kappa shape index (κ3) is 1.91. The summed E-state index contributed by atoms with van der Waals surface area (Å²) >= 11 is 0. The van der Waals surface area contributed by atoms with E-state index in [0.717, 1.165) is 0 Å². The third-order valence-corrected chi connectivity index (χ3v) is 6.51. The number of esters is 1. The molecule has 1 aromatic carbocycles. The van der Waals surface area contributed by atoms with Gasteiger partial charge in [-0.1, -0.05) is 32.9 Å². The molecule has 6 nitrogen and oxygen atoms in total. The van der Waals surface area contributed by atoms with Crippen LogP contribution in [0.1, 0.15) is 44.0 Å². The van der Waals surface area contributed by atoms with Gasteiger partial charge in [0, 0.05) is 5.41 Å². The number of para-hydroxylation sites is 1. The Labute approximate surface area is 145 Å². The van der Waals surface area contributed by atoms with Crippen molar-refractivity contribution < 1.29 is 23.9 Å². The zero-order valence-electron chi connectivity index (χ0n) is 14.8. The molecule has 2 atom stereocenters. The molecule has 2 bridgehead atoms. The van der Waals surface area contributed by atoms with Crippen LogP contribution in [0.5, 0.6) is 0 Å². The fourth-order valence-electron chi connectivity index (χ4n) is 4.38. The summed E-state index contributed by atoms with van der Waals surface area (Å²) in [7, 11) is 1.25. The lowest BCUT2D eigenvalue weighted by Crippen LogP contribution is -2.48. The van der Waals surface area contributed by atoms with E-state index in [0.29, 0.717) is 12.8 Å². The van der Waals surface area contributed by atoms with Crippen LogP contribution in [0.15, 0.2) is 24.3 Å². The molecule has 0 aromatic heterocycles. The normalized spacial score (nSPS) is 29.6. The van der Waals surface area contributed by atoms with E-state index < -0.39 is 39.7 Å². The van der Waals surface area contributed by atoms with Crippen molar-refractivity contribution in [2.75, 3.05) is 12.4 Å².